The van der Waals surface area contributed by atoms with Gasteiger partial charge in [-0.3, -0.25) is 9.59 Å². The lowest BCUT2D eigenvalue weighted by Crippen LogP contribution is -2.52. The fourth-order valence-corrected chi connectivity index (χ4v) is 10.2. The van der Waals surface area contributed by atoms with Gasteiger partial charge in [-0.1, -0.05) is 62.4 Å². The van der Waals surface area contributed by atoms with Crippen LogP contribution in [-0.4, -0.2) is 100 Å². The van der Waals surface area contributed by atoms with Crippen molar-refractivity contribution in [3.05, 3.63) is 102 Å². The Balaban J connectivity index is 0.914. The first kappa shape index (κ1) is 42.0. The molecule has 7 atom stereocenters. The van der Waals surface area contributed by atoms with Crippen molar-refractivity contribution in [3.8, 4) is 28.1 Å². The van der Waals surface area contributed by atoms with Crippen LogP contribution in [0.15, 0.2) is 79.0 Å². The molecule has 10 rings (SSSR count). The minimum absolute atomic E-state index is 0.0597. The number of piperidine rings is 1. The maximum Gasteiger partial charge on any atom is 0.407 e. The first-order chi connectivity index (χ1) is 31.5. The Morgan fingerprint density at radius 2 is 1.65 bits per heavy atom. The highest BCUT2D eigenvalue weighted by molar-refractivity contribution is 6.07. The van der Waals surface area contributed by atoms with Gasteiger partial charge >= 0.3 is 12.2 Å². The molecule has 2 saturated heterocycles. The molecule has 0 radical (unpaired) electrons. The van der Waals surface area contributed by atoms with Crippen LogP contribution in [0.25, 0.3) is 44.2 Å². The third-order valence-electron chi connectivity index (χ3n) is 13.6. The number of hydrogen-bond donors (Lipinski definition) is 4. The van der Waals surface area contributed by atoms with Crippen LogP contribution in [0, 0.1) is 17.8 Å². The number of methoxy groups -OCH3 is 3. The monoisotopic (exact) mass is 880 g/mol. The molecule has 6 aromatic rings. The van der Waals surface area contributed by atoms with E-state index in [0.29, 0.717) is 43.5 Å². The molecule has 16 nitrogen and oxygen atoms in total. The summed E-state index contributed by atoms with van der Waals surface area (Å²) in [5.41, 5.74) is 7.14. The van der Waals surface area contributed by atoms with Crippen LogP contribution < -0.4 is 15.4 Å². The van der Waals surface area contributed by atoms with Gasteiger partial charge in [0.05, 0.1) is 55.8 Å². The zero-order valence-electron chi connectivity index (χ0n) is 36.9. The van der Waals surface area contributed by atoms with E-state index in [1.807, 2.05) is 61.3 Å². The number of amides is 4. The Kier molecular flexibility index (Phi) is 10.9. The van der Waals surface area contributed by atoms with Gasteiger partial charge in [0, 0.05) is 36.6 Å². The van der Waals surface area contributed by atoms with E-state index in [4.69, 9.17) is 28.9 Å². The smallest absolute Gasteiger partial charge is 0.407 e. The molecular weight excluding hydrogens is 829 g/mol. The first-order valence-corrected chi connectivity index (χ1v) is 22.2. The zero-order chi connectivity index (χ0) is 45.1. The van der Waals surface area contributed by atoms with E-state index >= 15 is 0 Å². The maximum atomic E-state index is 14.4. The van der Waals surface area contributed by atoms with E-state index in [-0.39, 0.29) is 35.7 Å². The summed E-state index contributed by atoms with van der Waals surface area (Å²) in [6, 6.07) is 21.6. The highest BCUT2D eigenvalue weighted by Gasteiger charge is 2.56. The molecular formula is C49H52N8O8. The van der Waals surface area contributed by atoms with E-state index in [0.717, 1.165) is 74.2 Å². The number of H-pyrrole nitrogens is 2. The van der Waals surface area contributed by atoms with Crippen molar-refractivity contribution < 1.29 is 38.1 Å². The van der Waals surface area contributed by atoms with Crippen molar-refractivity contribution in [2.24, 2.45) is 17.8 Å². The molecule has 2 aromatic heterocycles. The minimum atomic E-state index is -0.954. The third kappa shape index (κ3) is 7.68. The SMILES string of the molecule is COC[C@H]1CC(c2nc3c(ccc4cc5c(cc43)OCc3cc(-c4cnc(C6C[C@H]7C[C@H]7N6C(=O)[C@@H](NC(=O)OC)C(C)C)[nH]4)ccc3-5)[nH]2)N(C(=O)C(NC(=O)OC)c2ccccc2)C1. The predicted octanol–water partition coefficient (Wildman–Crippen LogP) is 7.34. The summed E-state index contributed by atoms with van der Waals surface area (Å²) in [7, 11) is 4.23. The summed E-state index contributed by atoms with van der Waals surface area (Å²) < 4.78 is 21.7. The number of carbonyl (C=O) groups excluding carboxylic acids is 4. The van der Waals surface area contributed by atoms with Crippen molar-refractivity contribution >= 4 is 45.8 Å². The molecule has 4 aliphatic rings. The summed E-state index contributed by atoms with van der Waals surface area (Å²) in [6.07, 6.45) is 2.91. The Morgan fingerprint density at radius 3 is 2.42 bits per heavy atom. The number of fused-ring (bicyclic) bond motifs is 7. The molecule has 4 amide bonds. The van der Waals surface area contributed by atoms with Gasteiger partial charge in [0.2, 0.25) is 5.91 Å². The average molecular weight is 881 g/mol. The summed E-state index contributed by atoms with van der Waals surface area (Å²) in [5.74, 6) is 2.12. The lowest BCUT2D eigenvalue weighted by molar-refractivity contribution is -0.137. The fraction of sp³-hybridized carbons (Fsp3) is 0.388. The number of nitrogens with one attached hydrogen (secondary N) is 4. The lowest BCUT2D eigenvalue weighted by Gasteiger charge is -2.31. The molecule has 1 saturated carbocycles. The Labute approximate surface area is 375 Å². The first-order valence-electron chi connectivity index (χ1n) is 22.2. The molecule has 4 N–H and O–H groups in total. The number of benzene rings is 4. The molecule has 0 spiro atoms. The van der Waals surface area contributed by atoms with Crippen LogP contribution in [-0.2, 0) is 30.4 Å². The van der Waals surface area contributed by atoms with Crippen LogP contribution in [0.3, 0.4) is 0 Å². The van der Waals surface area contributed by atoms with Crippen LogP contribution in [0.2, 0.25) is 0 Å². The molecule has 65 heavy (non-hydrogen) atoms. The number of imidazole rings is 2. The number of aromatic amines is 2. The summed E-state index contributed by atoms with van der Waals surface area (Å²) in [4.78, 5) is 73.7. The third-order valence-corrected chi connectivity index (χ3v) is 13.6. The molecule has 16 heteroatoms. The number of nitrogens with zero attached hydrogens (tertiary/aromatic N) is 4. The number of hydrogen-bond acceptors (Lipinski definition) is 10. The number of ether oxygens (including phenoxy) is 4. The fourth-order valence-electron chi connectivity index (χ4n) is 10.2. The van der Waals surface area contributed by atoms with Gasteiger partial charge in [0.25, 0.3) is 5.91 Å². The molecule has 1 aliphatic carbocycles. The maximum absolute atomic E-state index is 14.4. The van der Waals surface area contributed by atoms with Crippen LogP contribution >= 0.6 is 0 Å². The molecule has 3 aliphatic heterocycles. The Morgan fingerprint density at radius 1 is 0.846 bits per heavy atom. The summed E-state index contributed by atoms with van der Waals surface area (Å²) in [5, 5.41) is 7.41. The average Bonchev–Trinajstić information content (AvgIpc) is 3.79. The quantitative estimate of drug-likeness (QED) is 0.102. The van der Waals surface area contributed by atoms with Crippen molar-refractivity contribution in [2.75, 3.05) is 34.5 Å². The number of likely N-dealkylation sites (tertiary alicyclic amines) is 2. The number of aromatic nitrogens is 4. The van der Waals surface area contributed by atoms with Crippen LogP contribution in [0.5, 0.6) is 5.75 Å². The number of rotatable bonds is 11. The molecule has 3 unspecified atom stereocenters. The van der Waals surface area contributed by atoms with Gasteiger partial charge in [-0.25, -0.2) is 19.6 Å². The molecule has 4 aromatic carbocycles. The van der Waals surface area contributed by atoms with E-state index in [9.17, 15) is 19.2 Å². The predicted molar refractivity (Wildman–Crippen MR) is 240 cm³/mol. The van der Waals surface area contributed by atoms with E-state index in [1.54, 1.807) is 12.0 Å². The van der Waals surface area contributed by atoms with Crippen LogP contribution in [0.1, 0.15) is 74.0 Å². The highest BCUT2D eigenvalue weighted by atomic mass is 16.5. The normalized spacial score (nSPS) is 21.6. The summed E-state index contributed by atoms with van der Waals surface area (Å²) in [6.45, 7) is 5.10. The van der Waals surface area contributed by atoms with Crippen molar-refractivity contribution in [1.29, 1.82) is 0 Å². The molecule has 5 heterocycles. The van der Waals surface area contributed by atoms with Gasteiger partial charge in [0.1, 0.15) is 36.1 Å². The largest absolute Gasteiger partial charge is 0.488 e. The topological polar surface area (TPSA) is 193 Å². The second-order valence-corrected chi connectivity index (χ2v) is 18.0. The van der Waals surface area contributed by atoms with Gasteiger partial charge in [-0.05, 0) is 83.0 Å². The number of carbonyl (C=O) groups is 4. The van der Waals surface area contributed by atoms with Crippen LogP contribution in [0.4, 0.5) is 9.59 Å². The summed E-state index contributed by atoms with van der Waals surface area (Å²) >= 11 is 0. The Hall–Kier alpha value is -6.94. The van der Waals surface area contributed by atoms with Gasteiger partial charge in [-0.15, -0.1) is 0 Å². The van der Waals surface area contributed by atoms with Gasteiger partial charge in [0.15, 0.2) is 0 Å². The van der Waals surface area contributed by atoms with Gasteiger partial charge in [-0.2, -0.15) is 0 Å². The lowest BCUT2D eigenvalue weighted by atomic mass is 9.92. The van der Waals surface area contributed by atoms with Crippen molar-refractivity contribution in [3.63, 3.8) is 0 Å². The second kappa shape index (κ2) is 16.9. The molecule has 3 fully saturated rings. The number of alkyl carbamates (subject to hydrolysis) is 2. The standard InChI is InChI=1S/C49H52N8O8/c1-25(2)41(54-48(60)63-4)47(59)57-37-18-30(37)19-39(57)44-50-21-36(52-44)29-11-13-32-31(16-29)24-65-40-20-33-28(17-34(32)40)12-14-35-43(33)53-45(51-35)38-15-26(23-62-3)22-56(38)46(58)42(55-49(61)64-5)27-9-7-6-8-10-27/h6-14,16-17,20-21,25-26,30,37-39,41-42H,15,18-19,22-24H2,1-5H3,(H,50,52)(H,51,53)(H,54,60)(H,55,61)/t26-,30+,37+,38?,39?,41-,42?/m0/s1. The van der Waals surface area contributed by atoms with E-state index in [2.05, 4.69) is 57.0 Å². The zero-order valence-corrected chi connectivity index (χ0v) is 36.9. The van der Waals surface area contributed by atoms with E-state index in [1.165, 1.54) is 14.2 Å². The van der Waals surface area contributed by atoms with E-state index < -0.39 is 30.3 Å². The second-order valence-electron chi connectivity index (χ2n) is 18.0. The minimum Gasteiger partial charge on any atom is -0.488 e. The molecule has 336 valence electrons. The van der Waals surface area contributed by atoms with Crippen molar-refractivity contribution in [1.82, 2.24) is 40.4 Å². The molecule has 0 bridgehead atoms. The highest BCUT2D eigenvalue weighted by Crippen LogP contribution is 2.53. The van der Waals surface area contributed by atoms with Gasteiger partial charge < -0.3 is 49.3 Å². The Bertz CT molecular complexity index is 2820. The van der Waals surface area contributed by atoms with Crippen molar-refractivity contribution in [2.45, 2.75) is 69.9 Å².